The summed E-state index contributed by atoms with van der Waals surface area (Å²) >= 11 is 18.3. The minimum Gasteiger partial charge on any atom is -0.197 e. The Morgan fingerprint density at radius 2 is 1.46 bits per heavy atom. The molecule has 1 aliphatic carbocycles. The highest BCUT2D eigenvalue weighted by Gasteiger charge is 2.81. The molecule has 0 saturated heterocycles. The zero-order valence-corrected chi connectivity index (χ0v) is 14.4. The molecular weight excluding hydrogens is 365 g/mol. The van der Waals surface area contributed by atoms with Crippen LogP contribution in [-0.4, -0.2) is 0 Å². The highest BCUT2D eigenvalue weighted by Crippen LogP contribution is 2.74. The van der Waals surface area contributed by atoms with Gasteiger partial charge >= 0.3 is 0 Å². The van der Waals surface area contributed by atoms with E-state index in [1.807, 2.05) is 12.1 Å². The van der Waals surface area contributed by atoms with Crippen molar-refractivity contribution in [3.05, 3.63) is 68.7 Å². The largest absolute Gasteiger partial charge is 0.197 e. The van der Waals surface area contributed by atoms with Crippen LogP contribution < -0.4 is 0 Å². The quantitative estimate of drug-likeness (QED) is 0.723. The first-order valence-electron chi connectivity index (χ1n) is 6.92. The van der Waals surface area contributed by atoms with E-state index in [2.05, 4.69) is 6.07 Å². The van der Waals surface area contributed by atoms with E-state index in [9.17, 15) is 15.8 Å². The Hall–Kier alpha value is -2.22. The highest BCUT2D eigenvalue weighted by atomic mass is 35.5. The second-order valence-corrected chi connectivity index (χ2v) is 6.76. The molecule has 1 fully saturated rings. The first kappa shape index (κ1) is 16.6. The van der Waals surface area contributed by atoms with Gasteiger partial charge in [0.25, 0.3) is 0 Å². The van der Waals surface area contributed by atoms with Crippen LogP contribution in [0.1, 0.15) is 17.0 Å². The van der Waals surface area contributed by atoms with E-state index in [1.54, 1.807) is 42.5 Å². The lowest BCUT2D eigenvalue weighted by Crippen LogP contribution is -2.14. The second kappa shape index (κ2) is 5.70. The standard InChI is InChI=1S/C18H8Cl3N3/c19-12-6-4-11(5-7-12)18(10-24)16(17(18,8-22)9-23)13-2-1-3-14(20)15(13)21/h1-7,16H/t16-,18-/m1/s1. The third kappa shape index (κ3) is 1.95. The van der Waals surface area contributed by atoms with Gasteiger partial charge in [0, 0.05) is 10.9 Å². The lowest BCUT2D eigenvalue weighted by atomic mass is 9.88. The third-order valence-electron chi connectivity index (χ3n) is 4.53. The normalized spacial score (nSPS) is 23.6. The van der Waals surface area contributed by atoms with Crippen LogP contribution >= 0.6 is 34.8 Å². The summed E-state index contributed by atoms with van der Waals surface area (Å²) in [4.78, 5) is 0. The van der Waals surface area contributed by atoms with Gasteiger partial charge in [-0.3, -0.25) is 0 Å². The summed E-state index contributed by atoms with van der Waals surface area (Å²) in [6.45, 7) is 0. The van der Waals surface area contributed by atoms with Gasteiger partial charge in [0.15, 0.2) is 5.41 Å². The molecule has 2 atom stereocenters. The molecule has 0 bridgehead atoms. The average Bonchev–Trinajstić information content (AvgIpc) is 3.21. The molecule has 24 heavy (non-hydrogen) atoms. The molecule has 0 aliphatic heterocycles. The maximum atomic E-state index is 9.91. The fraction of sp³-hybridized carbons (Fsp3) is 0.167. The molecule has 3 nitrogen and oxygen atoms in total. The SMILES string of the molecule is N#CC1(C#N)[C@@H](c2cccc(Cl)c2Cl)[C@@]1(C#N)c1ccc(Cl)cc1. The van der Waals surface area contributed by atoms with Crippen LogP contribution in [0, 0.1) is 39.4 Å². The predicted molar refractivity (Wildman–Crippen MR) is 91.6 cm³/mol. The molecule has 0 aromatic heterocycles. The summed E-state index contributed by atoms with van der Waals surface area (Å²) < 4.78 is 0. The summed E-state index contributed by atoms with van der Waals surface area (Å²) in [6, 6.07) is 17.8. The van der Waals surface area contributed by atoms with Crippen LogP contribution in [0.2, 0.25) is 15.1 Å². The van der Waals surface area contributed by atoms with Gasteiger partial charge in [0.2, 0.25) is 0 Å². The van der Waals surface area contributed by atoms with Crippen LogP contribution in [0.15, 0.2) is 42.5 Å². The molecule has 116 valence electrons. The van der Waals surface area contributed by atoms with Crippen LogP contribution in [0.3, 0.4) is 0 Å². The van der Waals surface area contributed by atoms with Crippen LogP contribution in [-0.2, 0) is 5.41 Å². The fourth-order valence-electron chi connectivity index (χ4n) is 3.34. The third-order valence-corrected chi connectivity index (χ3v) is 5.61. The smallest absolute Gasteiger partial charge is 0.175 e. The lowest BCUT2D eigenvalue weighted by molar-refractivity contribution is 0.742. The van der Waals surface area contributed by atoms with Crippen LogP contribution in [0.4, 0.5) is 0 Å². The monoisotopic (exact) mass is 371 g/mol. The molecule has 0 unspecified atom stereocenters. The van der Waals surface area contributed by atoms with Gasteiger partial charge in [0.05, 0.1) is 28.3 Å². The van der Waals surface area contributed by atoms with Gasteiger partial charge in [-0.15, -0.1) is 0 Å². The molecule has 0 spiro atoms. The Bertz CT molecular complexity index is 933. The van der Waals surface area contributed by atoms with Crippen molar-refractivity contribution >= 4 is 34.8 Å². The topological polar surface area (TPSA) is 71.4 Å². The van der Waals surface area contributed by atoms with E-state index in [4.69, 9.17) is 34.8 Å². The van der Waals surface area contributed by atoms with Crippen molar-refractivity contribution < 1.29 is 0 Å². The first-order chi connectivity index (χ1) is 11.5. The molecular formula is C18H8Cl3N3. The number of hydrogen-bond acceptors (Lipinski definition) is 3. The molecule has 1 saturated carbocycles. The van der Waals surface area contributed by atoms with Crippen molar-refractivity contribution in [2.75, 3.05) is 0 Å². The summed E-state index contributed by atoms with van der Waals surface area (Å²) in [5, 5.41) is 30.4. The van der Waals surface area contributed by atoms with Crippen molar-refractivity contribution in [1.29, 1.82) is 15.8 Å². The zero-order chi connectivity index (χ0) is 17.5. The molecule has 2 aromatic rings. The molecule has 0 heterocycles. The second-order valence-electron chi connectivity index (χ2n) is 5.53. The van der Waals surface area contributed by atoms with E-state index in [0.29, 0.717) is 21.2 Å². The average molecular weight is 373 g/mol. The van der Waals surface area contributed by atoms with Crippen molar-refractivity contribution in [1.82, 2.24) is 0 Å². The van der Waals surface area contributed by atoms with Crippen LogP contribution in [0.5, 0.6) is 0 Å². The van der Waals surface area contributed by atoms with Gasteiger partial charge in [-0.2, -0.15) is 15.8 Å². The number of rotatable bonds is 2. The number of nitriles is 3. The van der Waals surface area contributed by atoms with Crippen LogP contribution in [0.25, 0.3) is 0 Å². The Labute approximate surface area is 154 Å². The van der Waals surface area contributed by atoms with Crippen molar-refractivity contribution in [3.63, 3.8) is 0 Å². The molecule has 0 amide bonds. The summed E-state index contributed by atoms with van der Waals surface area (Å²) in [5.74, 6) is -0.697. The summed E-state index contributed by atoms with van der Waals surface area (Å²) in [7, 11) is 0. The van der Waals surface area contributed by atoms with Crippen molar-refractivity contribution in [3.8, 4) is 18.2 Å². The minimum absolute atomic E-state index is 0.255. The summed E-state index contributed by atoms with van der Waals surface area (Å²) in [5.41, 5.74) is -1.79. The number of benzene rings is 2. The number of nitrogens with zero attached hydrogens (tertiary/aromatic N) is 3. The fourth-order valence-corrected chi connectivity index (χ4v) is 3.88. The Morgan fingerprint density at radius 1 is 0.833 bits per heavy atom. The molecule has 6 heteroatoms. The molecule has 1 aliphatic rings. The van der Waals surface area contributed by atoms with E-state index < -0.39 is 16.7 Å². The Morgan fingerprint density at radius 3 is 2.00 bits per heavy atom. The van der Waals surface area contributed by atoms with Gasteiger partial charge in [-0.05, 0) is 29.3 Å². The van der Waals surface area contributed by atoms with E-state index in [1.165, 1.54) is 0 Å². The van der Waals surface area contributed by atoms with E-state index in [0.717, 1.165) is 0 Å². The zero-order valence-electron chi connectivity index (χ0n) is 12.1. The number of hydrogen-bond donors (Lipinski definition) is 0. The maximum absolute atomic E-state index is 9.91. The number of halogens is 3. The van der Waals surface area contributed by atoms with Crippen molar-refractivity contribution in [2.24, 2.45) is 5.41 Å². The molecule has 0 radical (unpaired) electrons. The maximum Gasteiger partial charge on any atom is 0.175 e. The lowest BCUT2D eigenvalue weighted by Gasteiger charge is -2.10. The van der Waals surface area contributed by atoms with E-state index >= 15 is 0 Å². The highest BCUT2D eigenvalue weighted by molar-refractivity contribution is 6.42. The van der Waals surface area contributed by atoms with Gasteiger partial charge < -0.3 is 0 Å². The van der Waals surface area contributed by atoms with Gasteiger partial charge in [-0.1, -0.05) is 59.1 Å². The van der Waals surface area contributed by atoms with Gasteiger partial charge in [0.1, 0.15) is 5.41 Å². The summed E-state index contributed by atoms with van der Waals surface area (Å²) in [6.07, 6.45) is 0. The minimum atomic E-state index is -1.54. The van der Waals surface area contributed by atoms with E-state index in [-0.39, 0.29) is 5.02 Å². The molecule has 3 rings (SSSR count). The van der Waals surface area contributed by atoms with Crippen molar-refractivity contribution in [2.45, 2.75) is 11.3 Å². The predicted octanol–water partition coefficient (Wildman–Crippen LogP) is 5.24. The molecule has 2 aromatic carbocycles. The first-order valence-corrected chi connectivity index (χ1v) is 8.05. The Balaban J connectivity index is 2.28. The Kier molecular flexibility index (Phi) is 3.95. The molecule has 0 N–H and O–H groups in total. The van der Waals surface area contributed by atoms with Gasteiger partial charge in [-0.25, -0.2) is 0 Å².